The van der Waals surface area contributed by atoms with Crippen molar-refractivity contribution in [1.29, 1.82) is 0 Å². The van der Waals surface area contributed by atoms with E-state index in [4.69, 9.17) is 23.2 Å². The number of aromatic amines is 1. The highest BCUT2D eigenvalue weighted by Gasteiger charge is 2.24. The predicted octanol–water partition coefficient (Wildman–Crippen LogP) is 5.03. The molecule has 2 aromatic heterocycles. The summed E-state index contributed by atoms with van der Waals surface area (Å²) >= 11 is 13.6. The van der Waals surface area contributed by atoms with E-state index in [1.54, 1.807) is 12.1 Å². The Kier molecular flexibility index (Phi) is 6.28. The molecule has 0 fully saturated rings. The van der Waals surface area contributed by atoms with Gasteiger partial charge in [0.05, 0.1) is 21.1 Å². The van der Waals surface area contributed by atoms with Crippen LogP contribution in [0.2, 0.25) is 10.0 Å². The van der Waals surface area contributed by atoms with Crippen molar-refractivity contribution in [3.63, 3.8) is 0 Å². The molecule has 5 nitrogen and oxygen atoms in total. The van der Waals surface area contributed by atoms with Crippen LogP contribution in [-0.2, 0) is 19.5 Å². The van der Waals surface area contributed by atoms with Crippen LogP contribution < -0.4 is 11.2 Å². The fourth-order valence-corrected chi connectivity index (χ4v) is 5.53. The highest BCUT2D eigenvalue weighted by molar-refractivity contribution is 7.18. The lowest BCUT2D eigenvalue weighted by molar-refractivity contribution is 0.249. The van der Waals surface area contributed by atoms with E-state index >= 15 is 0 Å². The molecular formula is C22H18Cl3N3O2S. The van der Waals surface area contributed by atoms with Gasteiger partial charge in [-0.25, -0.2) is 9.36 Å². The summed E-state index contributed by atoms with van der Waals surface area (Å²) < 4.78 is 1.13. The molecule has 0 unspecified atom stereocenters. The molecule has 0 amide bonds. The van der Waals surface area contributed by atoms with E-state index in [0.29, 0.717) is 25.9 Å². The normalized spacial score (nSPS) is 13.7. The molecule has 4 aromatic rings. The van der Waals surface area contributed by atoms with Crippen LogP contribution in [0.5, 0.6) is 0 Å². The molecule has 0 aliphatic carbocycles. The van der Waals surface area contributed by atoms with Gasteiger partial charge in [-0.3, -0.25) is 14.7 Å². The maximum absolute atomic E-state index is 13.3. The Morgan fingerprint density at radius 3 is 2.55 bits per heavy atom. The first-order valence-corrected chi connectivity index (χ1v) is 11.1. The van der Waals surface area contributed by atoms with Crippen LogP contribution in [-0.4, -0.2) is 21.0 Å². The number of fused-ring (bicyclic) bond motifs is 3. The zero-order valence-corrected chi connectivity index (χ0v) is 19.4. The van der Waals surface area contributed by atoms with Crippen LogP contribution in [0.1, 0.15) is 16.0 Å². The predicted molar refractivity (Wildman–Crippen MR) is 130 cm³/mol. The smallest absolute Gasteiger partial charge is 0.298 e. The van der Waals surface area contributed by atoms with Crippen LogP contribution in [0.4, 0.5) is 0 Å². The number of nitrogens with one attached hydrogen (secondary N) is 1. The molecule has 0 saturated heterocycles. The molecule has 2 aromatic carbocycles. The number of nitrogens with zero attached hydrogens (tertiary/aromatic N) is 2. The van der Waals surface area contributed by atoms with Crippen LogP contribution in [0.15, 0.2) is 58.1 Å². The quantitative estimate of drug-likeness (QED) is 0.435. The molecule has 0 saturated carbocycles. The number of hydrogen-bond donors (Lipinski definition) is 1. The largest absolute Gasteiger partial charge is 0.334 e. The van der Waals surface area contributed by atoms with E-state index in [0.717, 1.165) is 41.1 Å². The third kappa shape index (κ3) is 4.06. The van der Waals surface area contributed by atoms with E-state index < -0.39 is 5.69 Å². The third-order valence-electron chi connectivity index (χ3n) is 5.39. The summed E-state index contributed by atoms with van der Waals surface area (Å²) in [5.41, 5.74) is 1.90. The maximum atomic E-state index is 13.3. The SMILES string of the molecule is Cl.O=c1[nH]c2sc3c(c2c(=O)n1-c1ccc(Cl)c(Cl)c1)CCN(Cc1ccccc1)C3. The Bertz CT molecular complexity index is 1380. The van der Waals surface area contributed by atoms with Gasteiger partial charge in [-0.05, 0) is 35.7 Å². The van der Waals surface area contributed by atoms with Crippen molar-refractivity contribution in [2.24, 2.45) is 0 Å². The molecule has 1 aliphatic rings. The minimum Gasteiger partial charge on any atom is -0.298 e. The number of thiophene rings is 1. The van der Waals surface area contributed by atoms with Gasteiger partial charge in [0.2, 0.25) is 0 Å². The number of hydrogen-bond acceptors (Lipinski definition) is 4. The summed E-state index contributed by atoms with van der Waals surface area (Å²) in [7, 11) is 0. The van der Waals surface area contributed by atoms with Gasteiger partial charge < -0.3 is 0 Å². The summed E-state index contributed by atoms with van der Waals surface area (Å²) in [6.07, 6.45) is 0.769. The number of aromatic nitrogens is 2. The lowest BCUT2D eigenvalue weighted by Crippen LogP contribution is -2.34. The Morgan fingerprint density at radius 1 is 1.03 bits per heavy atom. The number of halogens is 3. The van der Waals surface area contributed by atoms with Gasteiger partial charge in [0.15, 0.2) is 0 Å². The standard InChI is InChI=1S/C22H17Cl2N3O2S.ClH/c23-16-7-6-14(10-17(16)24)27-21(28)19-15-8-9-26(11-13-4-2-1-3-5-13)12-18(15)30-20(19)25-22(27)29;/h1-7,10H,8-9,11-12H2,(H,25,29);1H. The number of rotatable bonds is 3. The molecule has 160 valence electrons. The summed E-state index contributed by atoms with van der Waals surface area (Å²) in [6.45, 7) is 2.48. The van der Waals surface area contributed by atoms with Gasteiger partial charge in [-0.15, -0.1) is 23.7 Å². The molecule has 1 N–H and O–H groups in total. The Balaban J connectivity index is 0.00000231. The number of benzene rings is 2. The van der Waals surface area contributed by atoms with Gasteiger partial charge in [0.1, 0.15) is 4.83 Å². The van der Waals surface area contributed by atoms with E-state index in [-0.39, 0.29) is 18.0 Å². The lowest BCUT2D eigenvalue weighted by atomic mass is 10.0. The molecule has 0 bridgehead atoms. The molecule has 0 spiro atoms. The fraction of sp³-hybridized carbons (Fsp3) is 0.182. The molecule has 0 atom stereocenters. The van der Waals surface area contributed by atoms with Crippen LogP contribution in [0.3, 0.4) is 0 Å². The third-order valence-corrected chi connectivity index (χ3v) is 7.26. The second-order valence-corrected chi connectivity index (χ2v) is 9.24. The highest BCUT2D eigenvalue weighted by atomic mass is 35.5. The maximum Gasteiger partial charge on any atom is 0.334 e. The van der Waals surface area contributed by atoms with Gasteiger partial charge in [0.25, 0.3) is 5.56 Å². The summed E-state index contributed by atoms with van der Waals surface area (Å²) in [4.78, 5) is 33.0. The van der Waals surface area contributed by atoms with Crippen LogP contribution in [0, 0.1) is 0 Å². The first kappa shape index (κ1) is 22.1. The van der Waals surface area contributed by atoms with Crippen molar-refractivity contribution >= 4 is 57.2 Å². The van der Waals surface area contributed by atoms with Crippen molar-refractivity contribution in [2.45, 2.75) is 19.5 Å². The van der Waals surface area contributed by atoms with Crippen molar-refractivity contribution in [1.82, 2.24) is 14.5 Å². The van der Waals surface area contributed by atoms with Crippen LogP contribution >= 0.6 is 46.9 Å². The van der Waals surface area contributed by atoms with Crippen molar-refractivity contribution in [3.8, 4) is 5.69 Å². The van der Waals surface area contributed by atoms with Gasteiger partial charge in [0, 0.05) is 24.5 Å². The van der Waals surface area contributed by atoms with Gasteiger partial charge in [-0.2, -0.15) is 0 Å². The molecule has 9 heteroatoms. The molecule has 0 radical (unpaired) electrons. The zero-order valence-electron chi connectivity index (χ0n) is 16.2. The van der Waals surface area contributed by atoms with Gasteiger partial charge >= 0.3 is 5.69 Å². The van der Waals surface area contributed by atoms with E-state index in [1.165, 1.54) is 23.0 Å². The van der Waals surface area contributed by atoms with Crippen molar-refractivity contribution in [2.75, 3.05) is 6.54 Å². The molecule has 1 aliphatic heterocycles. The van der Waals surface area contributed by atoms with Crippen molar-refractivity contribution in [3.05, 3.63) is 95.4 Å². The van der Waals surface area contributed by atoms with E-state index in [9.17, 15) is 9.59 Å². The number of H-pyrrole nitrogens is 1. The van der Waals surface area contributed by atoms with Crippen molar-refractivity contribution < 1.29 is 0 Å². The average molecular weight is 495 g/mol. The molecule has 5 rings (SSSR count). The van der Waals surface area contributed by atoms with Crippen LogP contribution in [0.25, 0.3) is 15.9 Å². The lowest BCUT2D eigenvalue weighted by Gasteiger charge is -2.26. The topological polar surface area (TPSA) is 58.1 Å². The summed E-state index contributed by atoms with van der Waals surface area (Å²) in [6, 6.07) is 15.1. The minimum absolute atomic E-state index is 0. The Labute approximate surface area is 198 Å². The second-order valence-electron chi connectivity index (χ2n) is 7.32. The molecular weight excluding hydrogens is 477 g/mol. The van der Waals surface area contributed by atoms with E-state index in [2.05, 4.69) is 22.0 Å². The Hall–Kier alpha value is -2.09. The highest BCUT2D eigenvalue weighted by Crippen LogP contribution is 2.32. The molecule has 31 heavy (non-hydrogen) atoms. The first-order valence-electron chi connectivity index (χ1n) is 9.52. The monoisotopic (exact) mass is 493 g/mol. The summed E-state index contributed by atoms with van der Waals surface area (Å²) in [5, 5.41) is 1.27. The zero-order chi connectivity index (χ0) is 20.8. The van der Waals surface area contributed by atoms with E-state index in [1.807, 2.05) is 18.2 Å². The summed E-state index contributed by atoms with van der Waals surface area (Å²) in [5.74, 6) is 0. The fourth-order valence-electron chi connectivity index (χ4n) is 3.96. The Morgan fingerprint density at radius 2 is 1.81 bits per heavy atom. The minimum atomic E-state index is -0.481. The second kappa shape index (κ2) is 8.81. The average Bonchev–Trinajstić information content (AvgIpc) is 3.09. The first-order chi connectivity index (χ1) is 14.5. The van der Waals surface area contributed by atoms with Gasteiger partial charge in [-0.1, -0.05) is 53.5 Å². The molecule has 3 heterocycles.